The topological polar surface area (TPSA) is 55.1 Å². The van der Waals surface area contributed by atoms with Crippen molar-refractivity contribution >= 4 is 23.2 Å². The van der Waals surface area contributed by atoms with Gasteiger partial charge >= 0.3 is 0 Å². The second-order valence-corrected chi connectivity index (χ2v) is 5.69. The number of rotatable bonds is 8. The van der Waals surface area contributed by atoms with Crippen LogP contribution in [0.4, 0.5) is 5.69 Å². The average Bonchev–Trinajstić information content (AvgIpc) is 2.41. The molecule has 112 valence electrons. The van der Waals surface area contributed by atoms with Crippen molar-refractivity contribution in [1.82, 2.24) is 0 Å². The lowest BCUT2D eigenvalue weighted by Gasteiger charge is -2.14. The number of hydrogen-bond acceptors (Lipinski definition) is 2. The predicted molar refractivity (Wildman–Crippen MR) is 86.1 cm³/mol. The quantitative estimate of drug-likeness (QED) is 0.758. The first-order valence-electron chi connectivity index (χ1n) is 7.32. The lowest BCUT2D eigenvalue weighted by Crippen LogP contribution is -2.15. The van der Waals surface area contributed by atoms with E-state index in [0.717, 1.165) is 36.9 Å². The molecule has 0 radical (unpaired) electrons. The third kappa shape index (κ3) is 5.93. The van der Waals surface area contributed by atoms with Crippen LogP contribution in [-0.4, -0.2) is 12.5 Å². The summed E-state index contributed by atoms with van der Waals surface area (Å²) in [6, 6.07) is 5.58. The Bertz CT molecular complexity index is 428. The van der Waals surface area contributed by atoms with Crippen LogP contribution < -0.4 is 11.1 Å². The molecule has 0 fully saturated rings. The Hall–Kier alpha value is -1.06. The van der Waals surface area contributed by atoms with E-state index < -0.39 is 0 Å². The molecule has 1 aromatic rings. The van der Waals surface area contributed by atoms with Gasteiger partial charge in [0.15, 0.2) is 0 Å². The van der Waals surface area contributed by atoms with Gasteiger partial charge in [0.25, 0.3) is 0 Å². The van der Waals surface area contributed by atoms with Gasteiger partial charge in [0.1, 0.15) is 0 Å². The fourth-order valence-electron chi connectivity index (χ4n) is 2.31. The zero-order valence-electron chi connectivity index (χ0n) is 12.4. The second-order valence-electron chi connectivity index (χ2n) is 5.28. The third-order valence-electron chi connectivity index (χ3n) is 3.51. The number of anilines is 1. The molecule has 20 heavy (non-hydrogen) atoms. The van der Waals surface area contributed by atoms with Crippen LogP contribution in [0.25, 0.3) is 0 Å². The molecule has 0 spiro atoms. The van der Waals surface area contributed by atoms with Crippen LogP contribution in [0.15, 0.2) is 18.2 Å². The average molecular weight is 297 g/mol. The summed E-state index contributed by atoms with van der Waals surface area (Å²) in [5.74, 6) is 0.598. The maximum absolute atomic E-state index is 11.9. The molecule has 1 unspecified atom stereocenters. The molecule has 0 aromatic heterocycles. The molecule has 0 bridgehead atoms. The lowest BCUT2D eigenvalue weighted by molar-refractivity contribution is -0.116. The number of carbonyl (C=O) groups is 1. The van der Waals surface area contributed by atoms with Gasteiger partial charge in [0.2, 0.25) is 5.91 Å². The maximum Gasteiger partial charge on any atom is 0.224 e. The number of nitrogens with one attached hydrogen (secondary N) is 1. The van der Waals surface area contributed by atoms with Crippen molar-refractivity contribution < 1.29 is 4.79 Å². The van der Waals surface area contributed by atoms with Gasteiger partial charge in [-0.15, -0.1) is 0 Å². The SMILES string of the molecule is CCCC(CCN)CCC(=O)Nc1ccc(C)c(Cl)c1. The summed E-state index contributed by atoms with van der Waals surface area (Å²) in [6.07, 6.45) is 4.71. The highest BCUT2D eigenvalue weighted by atomic mass is 35.5. The highest BCUT2D eigenvalue weighted by Crippen LogP contribution is 2.21. The molecule has 0 heterocycles. The highest BCUT2D eigenvalue weighted by Gasteiger charge is 2.10. The van der Waals surface area contributed by atoms with Crippen molar-refractivity contribution in [3.63, 3.8) is 0 Å². The Balaban J connectivity index is 2.44. The monoisotopic (exact) mass is 296 g/mol. The van der Waals surface area contributed by atoms with Crippen LogP contribution in [0.2, 0.25) is 5.02 Å². The van der Waals surface area contributed by atoms with Crippen LogP contribution in [-0.2, 0) is 4.79 Å². The molecular weight excluding hydrogens is 272 g/mol. The van der Waals surface area contributed by atoms with E-state index in [-0.39, 0.29) is 5.91 Å². The van der Waals surface area contributed by atoms with Crippen LogP contribution >= 0.6 is 11.6 Å². The molecule has 3 nitrogen and oxygen atoms in total. The van der Waals surface area contributed by atoms with Gasteiger partial charge in [-0.25, -0.2) is 0 Å². The first-order chi connectivity index (χ1) is 9.56. The first kappa shape index (κ1) is 17.0. The number of aryl methyl sites for hydroxylation is 1. The molecule has 1 aromatic carbocycles. The molecule has 0 saturated carbocycles. The smallest absolute Gasteiger partial charge is 0.224 e. The maximum atomic E-state index is 11.9. The Morgan fingerprint density at radius 2 is 2.10 bits per heavy atom. The third-order valence-corrected chi connectivity index (χ3v) is 3.91. The van der Waals surface area contributed by atoms with Crippen LogP contribution in [0.3, 0.4) is 0 Å². The van der Waals surface area contributed by atoms with E-state index in [4.69, 9.17) is 17.3 Å². The molecule has 4 heteroatoms. The Labute approximate surface area is 126 Å². The van der Waals surface area contributed by atoms with Gasteiger partial charge in [-0.1, -0.05) is 37.4 Å². The van der Waals surface area contributed by atoms with E-state index in [0.29, 0.717) is 23.9 Å². The second kappa shape index (κ2) is 8.98. The Kier molecular flexibility index (Phi) is 7.63. The summed E-state index contributed by atoms with van der Waals surface area (Å²) in [5.41, 5.74) is 7.38. The van der Waals surface area contributed by atoms with Gasteiger partial charge in [-0.05, 0) is 49.9 Å². The first-order valence-corrected chi connectivity index (χ1v) is 7.70. The van der Waals surface area contributed by atoms with Gasteiger partial charge in [0, 0.05) is 17.1 Å². The summed E-state index contributed by atoms with van der Waals surface area (Å²) in [4.78, 5) is 11.9. The highest BCUT2D eigenvalue weighted by molar-refractivity contribution is 6.31. The van der Waals surface area contributed by atoms with E-state index >= 15 is 0 Å². The molecule has 1 atom stereocenters. The fourth-order valence-corrected chi connectivity index (χ4v) is 2.49. The number of halogens is 1. The zero-order chi connectivity index (χ0) is 15.0. The normalized spacial score (nSPS) is 12.2. The summed E-state index contributed by atoms with van der Waals surface area (Å²) in [7, 11) is 0. The van der Waals surface area contributed by atoms with Crippen LogP contribution in [0.1, 0.15) is 44.6 Å². The van der Waals surface area contributed by atoms with Gasteiger partial charge < -0.3 is 11.1 Å². The minimum absolute atomic E-state index is 0.0445. The number of nitrogens with two attached hydrogens (primary N) is 1. The van der Waals surface area contributed by atoms with Crippen molar-refractivity contribution in [3.05, 3.63) is 28.8 Å². The van der Waals surface area contributed by atoms with Gasteiger partial charge in [0.05, 0.1) is 0 Å². The lowest BCUT2D eigenvalue weighted by atomic mass is 9.94. The fraction of sp³-hybridized carbons (Fsp3) is 0.562. The largest absolute Gasteiger partial charge is 0.330 e. The van der Waals surface area contributed by atoms with E-state index in [1.54, 1.807) is 6.07 Å². The molecular formula is C16H25ClN2O. The van der Waals surface area contributed by atoms with Gasteiger partial charge in [-0.2, -0.15) is 0 Å². The van der Waals surface area contributed by atoms with E-state index in [1.165, 1.54) is 0 Å². The van der Waals surface area contributed by atoms with Crippen molar-refractivity contribution in [2.24, 2.45) is 11.7 Å². The molecule has 0 aliphatic heterocycles. The van der Waals surface area contributed by atoms with Crippen LogP contribution in [0.5, 0.6) is 0 Å². The van der Waals surface area contributed by atoms with Crippen molar-refractivity contribution in [2.45, 2.75) is 46.0 Å². The summed E-state index contributed by atoms with van der Waals surface area (Å²) >= 11 is 6.04. The van der Waals surface area contributed by atoms with Crippen LogP contribution in [0, 0.1) is 12.8 Å². The number of carbonyl (C=O) groups excluding carboxylic acids is 1. The number of amides is 1. The van der Waals surface area contributed by atoms with Crippen molar-refractivity contribution in [2.75, 3.05) is 11.9 Å². The predicted octanol–water partition coefficient (Wildman–Crippen LogP) is 4.13. The molecule has 1 rings (SSSR count). The Morgan fingerprint density at radius 3 is 2.70 bits per heavy atom. The number of benzene rings is 1. The number of hydrogen-bond donors (Lipinski definition) is 2. The van der Waals surface area contributed by atoms with E-state index in [1.807, 2.05) is 19.1 Å². The minimum atomic E-state index is 0.0445. The molecule has 0 saturated heterocycles. The summed E-state index contributed by atoms with van der Waals surface area (Å²) in [6.45, 7) is 4.80. The van der Waals surface area contributed by atoms with E-state index in [2.05, 4.69) is 12.2 Å². The molecule has 1 amide bonds. The molecule has 3 N–H and O–H groups in total. The van der Waals surface area contributed by atoms with E-state index in [9.17, 15) is 4.79 Å². The minimum Gasteiger partial charge on any atom is -0.330 e. The van der Waals surface area contributed by atoms with Crippen molar-refractivity contribution in [1.29, 1.82) is 0 Å². The zero-order valence-corrected chi connectivity index (χ0v) is 13.2. The van der Waals surface area contributed by atoms with Crippen molar-refractivity contribution in [3.8, 4) is 0 Å². The summed E-state index contributed by atoms with van der Waals surface area (Å²) < 4.78 is 0. The standard InChI is InChI=1S/C16H25ClN2O/c1-3-4-13(9-10-18)6-8-16(20)19-14-7-5-12(2)15(17)11-14/h5,7,11,13H,3-4,6,8-10,18H2,1-2H3,(H,19,20). The Morgan fingerprint density at radius 1 is 1.35 bits per heavy atom. The molecule has 0 aliphatic rings. The molecule has 0 aliphatic carbocycles. The van der Waals surface area contributed by atoms with Gasteiger partial charge in [-0.3, -0.25) is 4.79 Å². The summed E-state index contributed by atoms with van der Waals surface area (Å²) in [5, 5.41) is 3.57.